The fourth-order valence-corrected chi connectivity index (χ4v) is 2.79. The predicted molar refractivity (Wildman–Crippen MR) is 80.9 cm³/mol. The lowest BCUT2D eigenvalue weighted by Crippen LogP contribution is -2.32. The van der Waals surface area contributed by atoms with Gasteiger partial charge in [0, 0.05) is 44.1 Å². The van der Waals surface area contributed by atoms with Crippen molar-refractivity contribution in [1.82, 2.24) is 9.37 Å². The summed E-state index contributed by atoms with van der Waals surface area (Å²) in [5, 5.41) is 0.0477. The molecule has 4 amide bonds. The van der Waals surface area contributed by atoms with E-state index in [0.29, 0.717) is 17.0 Å². The molecule has 0 aromatic heterocycles. The van der Waals surface area contributed by atoms with Gasteiger partial charge in [0.05, 0.1) is 19.6 Å². The van der Waals surface area contributed by atoms with Crippen LogP contribution in [0, 0.1) is 0 Å². The van der Waals surface area contributed by atoms with Crippen LogP contribution in [0.2, 0.25) is 0 Å². The topological polar surface area (TPSA) is 127 Å². The minimum absolute atomic E-state index is 0.00307. The van der Waals surface area contributed by atoms with E-state index in [1.807, 2.05) is 0 Å². The molecule has 2 aliphatic rings. The summed E-state index contributed by atoms with van der Waals surface area (Å²) >= 11 is 0.552. The number of hydrogen-bond donors (Lipinski definition) is 0. The molecule has 2 heterocycles. The molecule has 136 valence electrons. The molecular formula is C14H16N2O8S. The van der Waals surface area contributed by atoms with Crippen LogP contribution in [-0.4, -0.2) is 57.3 Å². The minimum atomic E-state index is -0.794. The fourth-order valence-electron chi connectivity index (χ4n) is 2.02. The van der Waals surface area contributed by atoms with Crippen LogP contribution in [0.4, 0.5) is 0 Å². The Balaban J connectivity index is 1.57. The van der Waals surface area contributed by atoms with Crippen molar-refractivity contribution < 1.29 is 38.3 Å². The van der Waals surface area contributed by atoms with E-state index in [2.05, 4.69) is 4.84 Å². The van der Waals surface area contributed by atoms with Gasteiger partial charge in [-0.05, 0) is 0 Å². The third-order valence-corrected chi connectivity index (χ3v) is 4.30. The third kappa shape index (κ3) is 5.36. The molecule has 10 nitrogen and oxygen atoms in total. The number of hydrogen-bond acceptors (Lipinski definition) is 9. The van der Waals surface area contributed by atoms with Crippen molar-refractivity contribution in [3.8, 4) is 0 Å². The summed E-state index contributed by atoms with van der Waals surface area (Å²) in [4.78, 5) is 73.0. The molecule has 25 heavy (non-hydrogen) atoms. The Labute approximate surface area is 146 Å². The molecule has 2 aliphatic heterocycles. The van der Waals surface area contributed by atoms with Crippen LogP contribution in [-0.2, 0) is 38.3 Å². The molecule has 0 unspecified atom stereocenters. The molecule has 0 aromatic carbocycles. The molecule has 0 aromatic rings. The van der Waals surface area contributed by atoms with Crippen LogP contribution in [0.3, 0.4) is 0 Å². The maximum Gasteiger partial charge on any atom is 0.335 e. The van der Waals surface area contributed by atoms with Gasteiger partial charge < -0.3 is 9.57 Å². The summed E-state index contributed by atoms with van der Waals surface area (Å²) in [5.41, 5.74) is 0. The van der Waals surface area contributed by atoms with Crippen molar-refractivity contribution in [2.45, 2.75) is 38.5 Å². The molecule has 2 rings (SSSR count). The van der Waals surface area contributed by atoms with Gasteiger partial charge in [-0.1, -0.05) is 0 Å². The summed E-state index contributed by atoms with van der Waals surface area (Å²) in [6.45, 7) is -0.0640. The van der Waals surface area contributed by atoms with E-state index >= 15 is 0 Å². The average Bonchev–Trinajstić information content (AvgIpc) is 3.04. The van der Waals surface area contributed by atoms with Crippen molar-refractivity contribution in [1.29, 1.82) is 0 Å². The second kappa shape index (κ2) is 8.72. The minimum Gasteiger partial charge on any atom is -0.380 e. The van der Waals surface area contributed by atoms with Crippen molar-refractivity contribution >= 4 is 46.7 Å². The summed E-state index contributed by atoms with van der Waals surface area (Å²) in [6, 6.07) is 0. The highest BCUT2D eigenvalue weighted by Crippen LogP contribution is 2.22. The highest BCUT2D eigenvalue weighted by molar-refractivity contribution is 8.12. The Hall–Kier alpha value is -2.27. The van der Waals surface area contributed by atoms with Crippen LogP contribution in [0.25, 0.3) is 0 Å². The molecule has 2 saturated heterocycles. The van der Waals surface area contributed by atoms with Gasteiger partial charge in [-0.25, -0.2) is 9.10 Å². The van der Waals surface area contributed by atoms with Crippen LogP contribution in [0.5, 0.6) is 0 Å². The van der Waals surface area contributed by atoms with E-state index < -0.39 is 34.7 Å². The summed E-state index contributed by atoms with van der Waals surface area (Å²) in [5.74, 6) is -2.70. The highest BCUT2D eigenvalue weighted by atomic mass is 32.2. The van der Waals surface area contributed by atoms with E-state index in [9.17, 15) is 28.8 Å². The Kier molecular flexibility index (Phi) is 6.65. The number of carbonyl (C=O) groups excluding carboxylic acids is 6. The van der Waals surface area contributed by atoms with E-state index in [1.165, 1.54) is 0 Å². The van der Waals surface area contributed by atoms with Crippen LogP contribution in [0.15, 0.2) is 0 Å². The van der Waals surface area contributed by atoms with Gasteiger partial charge in [-0.3, -0.25) is 24.0 Å². The van der Waals surface area contributed by atoms with Gasteiger partial charge in [0.15, 0.2) is 0 Å². The Morgan fingerprint density at radius 1 is 0.840 bits per heavy atom. The van der Waals surface area contributed by atoms with E-state index in [1.54, 1.807) is 0 Å². The molecule has 0 radical (unpaired) electrons. The lowest BCUT2D eigenvalue weighted by Gasteiger charge is -2.12. The SMILES string of the molecule is O=C(CCOCCC(=O)SN1C(=O)CCC1=O)ON1C(=O)CCC1=O. The molecule has 0 spiro atoms. The number of rotatable bonds is 8. The number of imide groups is 2. The first kappa shape index (κ1) is 19.1. The predicted octanol–water partition coefficient (Wildman–Crippen LogP) is -0.286. The van der Waals surface area contributed by atoms with E-state index in [-0.39, 0.29) is 51.7 Å². The molecule has 0 N–H and O–H groups in total. The first-order valence-electron chi connectivity index (χ1n) is 7.59. The van der Waals surface area contributed by atoms with Crippen LogP contribution in [0.1, 0.15) is 38.5 Å². The molecule has 0 bridgehead atoms. The first-order chi connectivity index (χ1) is 11.9. The van der Waals surface area contributed by atoms with Crippen molar-refractivity contribution in [2.24, 2.45) is 0 Å². The van der Waals surface area contributed by atoms with Gasteiger partial charge >= 0.3 is 5.97 Å². The Morgan fingerprint density at radius 3 is 1.96 bits per heavy atom. The summed E-state index contributed by atoms with van der Waals surface area (Å²) in [7, 11) is 0. The Morgan fingerprint density at radius 2 is 1.36 bits per heavy atom. The summed E-state index contributed by atoms with van der Waals surface area (Å²) in [6.07, 6.45) is 0.0235. The normalized spacial score (nSPS) is 17.6. The van der Waals surface area contributed by atoms with E-state index in [0.717, 1.165) is 4.31 Å². The van der Waals surface area contributed by atoms with Gasteiger partial charge in [-0.15, -0.1) is 5.06 Å². The highest BCUT2D eigenvalue weighted by Gasteiger charge is 2.33. The average molecular weight is 372 g/mol. The van der Waals surface area contributed by atoms with Crippen molar-refractivity contribution in [2.75, 3.05) is 13.2 Å². The van der Waals surface area contributed by atoms with Crippen LogP contribution < -0.4 is 0 Å². The van der Waals surface area contributed by atoms with Crippen molar-refractivity contribution in [3.63, 3.8) is 0 Å². The molecule has 0 aliphatic carbocycles. The quantitative estimate of drug-likeness (QED) is 0.321. The van der Waals surface area contributed by atoms with Gasteiger partial charge in [0.2, 0.25) is 16.9 Å². The zero-order chi connectivity index (χ0) is 18.4. The maximum absolute atomic E-state index is 11.7. The molecule has 0 saturated carbocycles. The van der Waals surface area contributed by atoms with Crippen molar-refractivity contribution in [3.05, 3.63) is 0 Å². The van der Waals surface area contributed by atoms with Gasteiger partial charge in [0.25, 0.3) is 11.8 Å². The molecular weight excluding hydrogens is 356 g/mol. The third-order valence-electron chi connectivity index (χ3n) is 3.30. The smallest absolute Gasteiger partial charge is 0.335 e. The fraction of sp³-hybridized carbons (Fsp3) is 0.571. The number of carbonyl (C=O) groups is 6. The number of amides is 4. The second-order valence-corrected chi connectivity index (χ2v) is 6.21. The number of hydroxylamine groups is 2. The summed E-state index contributed by atoms with van der Waals surface area (Å²) < 4.78 is 5.95. The lowest BCUT2D eigenvalue weighted by atomic mass is 10.4. The Bertz CT molecular complexity index is 536. The monoisotopic (exact) mass is 372 g/mol. The zero-order valence-corrected chi connectivity index (χ0v) is 14.0. The number of nitrogens with zero attached hydrogens (tertiary/aromatic N) is 2. The second-order valence-electron chi connectivity index (χ2n) is 5.20. The standard InChI is InChI=1S/C14H16N2O8S/c17-9-1-2-10(18)15(9)24-13(21)5-7-23-8-6-14(22)25-16-11(19)3-4-12(16)20/h1-8H2. The van der Waals surface area contributed by atoms with Gasteiger partial charge in [0.1, 0.15) is 0 Å². The van der Waals surface area contributed by atoms with E-state index in [4.69, 9.17) is 4.74 Å². The number of ether oxygens (including phenoxy) is 1. The molecule has 11 heteroatoms. The molecule has 0 atom stereocenters. The first-order valence-corrected chi connectivity index (χ1v) is 8.36. The molecule has 2 fully saturated rings. The zero-order valence-electron chi connectivity index (χ0n) is 13.2. The van der Waals surface area contributed by atoms with Gasteiger partial charge in [-0.2, -0.15) is 0 Å². The largest absolute Gasteiger partial charge is 0.380 e. The maximum atomic E-state index is 11.7. The van der Waals surface area contributed by atoms with Crippen LogP contribution >= 0.6 is 11.9 Å². The lowest BCUT2D eigenvalue weighted by molar-refractivity contribution is -0.198.